The van der Waals surface area contributed by atoms with Crippen LogP contribution in [0.25, 0.3) is 0 Å². The lowest BCUT2D eigenvalue weighted by Gasteiger charge is -2.45. The van der Waals surface area contributed by atoms with Crippen LogP contribution in [0.15, 0.2) is 17.1 Å². The van der Waals surface area contributed by atoms with Gasteiger partial charge >= 0.3 is 0 Å². The third kappa shape index (κ3) is 5.41. The lowest BCUT2D eigenvalue weighted by atomic mass is 9.87. The zero-order valence-electron chi connectivity index (χ0n) is 16.0. The first-order valence-corrected chi connectivity index (χ1v) is 12.7. The Hall–Kier alpha value is -0.690. The number of nitrogens with one attached hydrogen (secondary N) is 1. The summed E-state index contributed by atoms with van der Waals surface area (Å²) >= 11 is 2.15. The summed E-state index contributed by atoms with van der Waals surface area (Å²) in [6, 6.07) is 0. The Balaban J connectivity index is 1.65. The zero-order valence-corrected chi connectivity index (χ0v) is 17.6. The highest BCUT2D eigenvalue weighted by atomic mass is 32.2. The molecule has 2 saturated heterocycles. The van der Waals surface area contributed by atoms with Crippen LogP contribution in [0.2, 0.25) is 0 Å². The van der Waals surface area contributed by atoms with Gasteiger partial charge in [0.2, 0.25) is 0 Å². The second-order valence-electron chi connectivity index (χ2n) is 8.26. The van der Waals surface area contributed by atoms with Gasteiger partial charge in [0, 0.05) is 30.1 Å². The standard InChI is InChI=1S/C19H33N3O2S2/c1-16(2)12-20-18(21-13-17-6-11-26(23,24)14-17)22-9-10-25-19(15-22)7-4-3-5-8-19/h17H,1,3-15H2,2H3,(H,20,21). The summed E-state index contributed by atoms with van der Waals surface area (Å²) in [7, 11) is -2.83. The smallest absolute Gasteiger partial charge is 0.194 e. The second kappa shape index (κ2) is 8.55. The minimum Gasteiger partial charge on any atom is -0.356 e. The van der Waals surface area contributed by atoms with Crippen LogP contribution >= 0.6 is 11.8 Å². The van der Waals surface area contributed by atoms with Gasteiger partial charge in [0.05, 0.1) is 18.1 Å². The molecular weight excluding hydrogens is 366 g/mol. The highest BCUT2D eigenvalue weighted by Gasteiger charge is 2.38. The van der Waals surface area contributed by atoms with E-state index in [0.29, 0.717) is 29.3 Å². The number of hydrogen-bond donors (Lipinski definition) is 1. The summed E-state index contributed by atoms with van der Waals surface area (Å²) in [5.41, 5.74) is 1.05. The predicted molar refractivity (Wildman–Crippen MR) is 112 cm³/mol. The van der Waals surface area contributed by atoms with Gasteiger partial charge in [-0.3, -0.25) is 0 Å². The summed E-state index contributed by atoms with van der Waals surface area (Å²) in [6.07, 6.45) is 7.43. The van der Waals surface area contributed by atoms with Gasteiger partial charge in [0.1, 0.15) is 0 Å². The van der Waals surface area contributed by atoms with E-state index in [-0.39, 0.29) is 5.92 Å². The van der Waals surface area contributed by atoms with Gasteiger partial charge in [-0.15, -0.1) is 0 Å². The first-order chi connectivity index (χ1) is 12.4. The first kappa shape index (κ1) is 20.1. The maximum atomic E-state index is 11.7. The van der Waals surface area contributed by atoms with Gasteiger partial charge in [-0.1, -0.05) is 31.4 Å². The van der Waals surface area contributed by atoms with Crippen molar-refractivity contribution >= 4 is 27.6 Å². The average Bonchev–Trinajstić information content (AvgIpc) is 2.94. The molecule has 2 heterocycles. The molecule has 7 heteroatoms. The fraction of sp³-hybridized carbons (Fsp3) is 0.842. The normalized spacial score (nSPS) is 28.3. The van der Waals surface area contributed by atoms with Crippen LogP contribution in [0.3, 0.4) is 0 Å². The number of thioether (sulfide) groups is 1. The number of sulfone groups is 1. The van der Waals surface area contributed by atoms with Crippen molar-refractivity contribution < 1.29 is 8.42 Å². The van der Waals surface area contributed by atoms with Crippen molar-refractivity contribution in [2.75, 3.05) is 43.4 Å². The van der Waals surface area contributed by atoms with Crippen LogP contribution < -0.4 is 5.32 Å². The lowest BCUT2D eigenvalue weighted by molar-refractivity contribution is 0.292. The van der Waals surface area contributed by atoms with Crippen LogP contribution in [0, 0.1) is 5.92 Å². The average molecular weight is 400 g/mol. The molecule has 1 atom stereocenters. The third-order valence-corrected chi connectivity index (χ3v) is 9.06. The molecule has 0 aromatic rings. The third-order valence-electron chi connectivity index (χ3n) is 5.69. The molecule has 148 valence electrons. The van der Waals surface area contributed by atoms with E-state index in [9.17, 15) is 8.42 Å². The fourth-order valence-electron chi connectivity index (χ4n) is 4.27. The van der Waals surface area contributed by atoms with Crippen LogP contribution in [-0.4, -0.2) is 67.5 Å². The monoisotopic (exact) mass is 399 g/mol. The molecule has 1 aliphatic carbocycles. The lowest BCUT2D eigenvalue weighted by Crippen LogP contribution is -2.54. The van der Waals surface area contributed by atoms with Crippen molar-refractivity contribution in [3.05, 3.63) is 12.2 Å². The number of hydrogen-bond acceptors (Lipinski definition) is 4. The molecule has 0 radical (unpaired) electrons. The zero-order chi connectivity index (χ0) is 18.6. The Morgan fingerprint density at radius 2 is 2.12 bits per heavy atom. The molecule has 0 aromatic heterocycles. The van der Waals surface area contributed by atoms with Gasteiger partial charge in [-0.05, 0) is 32.1 Å². The maximum Gasteiger partial charge on any atom is 0.194 e. The van der Waals surface area contributed by atoms with Crippen LogP contribution in [-0.2, 0) is 9.84 Å². The van der Waals surface area contributed by atoms with Crippen LogP contribution in [0.1, 0.15) is 45.4 Å². The Morgan fingerprint density at radius 1 is 1.35 bits per heavy atom. The second-order valence-corrected chi connectivity index (χ2v) is 12.1. The van der Waals surface area contributed by atoms with Gasteiger partial charge in [0.25, 0.3) is 0 Å². The fourth-order valence-corrected chi connectivity index (χ4v) is 7.70. The molecule has 0 bridgehead atoms. The summed E-state index contributed by atoms with van der Waals surface area (Å²) in [5.74, 6) is 2.94. The number of aliphatic imine (C=N–C) groups is 1. The van der Waals surface area contributed by atoms with E-state index in [0.717, 1.165) is 36.8 Å². The number of nitrogens with zero attached hydrogens (tertiary/aromatic N) is 2. The van der Waals surface area contributed by atoms with E-state index < -0.39 is 9.84 Å². The Morgan fingerprint density at radius 3 is 2.77 bits per heavy atom. The predicted octanol–water partition coefficient (Wildman–Crippen LogP) is 2.69. The Bertz CT molecular complexity index is 634. The maximum absolute atomic E-state index is 11.7. The molecule has 2 aliphatic heterocycles. The molecule has 1 saturated carbocycles. The summed E-state index contributed by atoms with van der Waals surface area (Å²) in [6.45, 7) is 9.37. The summed E-state index contributed by atoms with van der Waals surface area (Å²) in [4.78, 5) is 7.21. The summed E-state index contributed by atoms with van der Waals surface area (Å²) in [5, 5.41) is 3.51. The van der Waals surface area contributed by atoms with E-state index in [4.69, 9.17) is 4.99 Å². The summed E-state index contributed by atoms with van der Waals surface area (Å²) < 4.78 is 23.8. The van der Waals surface area contributed by atoms with E-state index >= 15 is 0 Å². The number of rotatable bonds is 4. The minimum atomic E-state index is -2.83. The molecule has 5 nitrogen and oxygen atoms in total. The van der Waals surface area contributed by atoms with E-state index in [2.05, 4.69) is 28.6 Å². The van der Waals surface area contributed by atoms with Crippen molar-refractivity contribution in [2.45, 2.75) is 50.2 Å². The Labute approximate surface area is 163 Å². The Kier molecular flexibility index (Phi) is 6.59. The quantitative estimate of drug-likeness (QED) is 0.447. The van der Waals surface area contributed by atoms with E-state index in [1.807, 2.05) is 6.92 Å². The van der Waals surface area contributed by atoms with Crippen molar-refractivity contribution in [1.82, 2.24) is 10.2 Å². The van der Waals surface area contributed by atoms with E-state index in [1.54, 1.807) is 0 Å². The molecule has 26 heavy (non-hydrogen) atoms. The highest BCUT2D eigenvalue weighted by Crippen LogP contribution is 2.42. The SMILES string of the molecule is C=C(C)CN=C(NCC1CCS(=O)(=O)C1)N1CCSC2(CCCCC2)C1. The van der Waals surface area contributed by atoms with Gasteiger partial charge in [-0.25, -0.2) is 13.4 Å². The molecular formula is C19H33N3O2S2. The first-order valence-electron chi connectivity index (χ1n) is 9.90. The number of guanidine groups is 1. The molecule has 1 unspecified atom stereocenters. The minimum absolute atomic E-state index is 0.206. The van der Waals surface area contributed by atoms with Gasteiger partial charge in [0.15, 0.2) is 15.8 Å². The molecule has 0 aromatic carbocycles. The van der Waals surface area contributed by atoms with Crippen molar-refractivity contribution in [3.8, 4) is 0 Å². The van der Waals surface area contributed by atoms with E-state index in [1.165, 1.54) is 32.1 Å². The van der Waals surface area contributed by atoms with Crippen molar-refractivity contribution in [2.24, 2.45) is 10.9 Å². The molecule has 3 rings (SSSR count). The largest absolute Gasteiger partial charge is 0.356 e. The van der Waals surface area contributed by atoms with Crippen molar-refractivity contribution in [3.63, 3.8) is 0 Å². The van der Waals surface area contributed by atoms with Gasteiger partial charge in [-0.2, -0.15) is 11.8 Å². The highest BCUT2D eigenvalue weighted by molar-refractivity contribution is 8.00. The molecule has 1 spiro atoms. The van der Waals surface area contributed by atoms with Crippen molar-refractivity contribution in [1.29, 1.82) is 0 Å². The van der Waals surface area contributed by atoms with Gasteiger partial charge < -0.3 is 10.2 Å². The molecule has 3 fully saturated rings. The topological polar surface area (TPSA) is 61.8 Å². The molecule has 3 aliphatic rings. The molecule has 1 N–H and O–H groups in total. The van der Waals surface area contributed by atoms with Crippen LogP contribution in [0.5, 0.6) is 0 Å². The van der Waals surface area contributed by atoms with Crippen LogP contribution in [0.4, 0.5) is 0 Å². The molecule has 0 amide bonds.